The highest BCUT2D eigenvalue weighted by molar-refractivity contribution is 7.51. The van der Waals surface area contributed by atoms with Crippen molar-refractivity contribution in [3.63, 3.8) is 0 Å². The maximum absolute atomic E-state index is 14.9. The van der Waals surface area contributed by atoms with Crippen molar-refractivity contribution in [3.8, 4) is 0 Å². The summed E-state index contributed by atoms with van der Waals surface area (Å²) in [6.07, 6.45) is -2.48. The molecule has 132 valence electrons. The Kier molecular flexibility index (Phi) is 4.54. The molecule has 10 nitrogen and oxygen atoms in total. The number of halogens is 1. The van der Waals surface area contributed by atoms with Crippen LogP contribution in [0.4, 0.5) is 10.2 Å². The summed E-state index contributed by atoms with van der Waals surface area (Å²) in [6.45, 7) is 0.975. The molecule has 2 unspecified atom stereocenters. The van der Waals surface area contributed by atoms with Gasteiger partial charge in [0.25, 0.3) is 0 Å². The van der Waals surface area contributed by atoms with Crippen LogP contribution in [0.25, 0.3) is 11.2 Å². The van der Waals surface area contributed by atoms with Crippen LogP contribution in [0.3, 0.4) is 0 Å². The normalized spacial score (nSPS) is 29.8. The number of ether oxygens (including phenoxy) is 2. The van der Waals surface area contributed by atoms with Crippen molar-refractivity contribution in [2.45, 2.75) is 24.6 Å². The fourth-order valence-corrected chi connectivity index (χ4v) is 3.33. The van der Waals surface area contributed by atoms with E-state index in [1.165, 1.54) is 24.3 Å². The number of hydrogen-bond acceptors (Lipinski definition) is 8. The molecule has 1 fully saturated rings. The van der Waals surface area contributed by atoms with Crippen LogP contribution in [-0.4, -0.2) is 63.2 Å². The lowest BCUT2D eigenvalue weighted by atomic mass is 10.1. The van der Waals surface area contributed by atoms with Crippen molar-refractivity contribution in [2.24, 2.45) is 0 Å². The van der Waals surface area contributed by atoms with Crippen molar-refractivity contribution in [1.82, 2.24) is 19.5 Å². The summed E-state index contributed by atoms with van der Waals surface area (Å²) < 4.78 is 43.4. The zero-order chi connectivity index (χ0) is 17.5. The minimum atomic E-state index is -3.92. The van der Waals surface area contributed by atoms with Crippen LogP contribution in [0.5, 0.6) is 0 Å². The van der Waals surface area contributed by atoms with E-state index in [-0.39, 0.29) is 18.1 Å². The molecule has 0 amide bonds. The molecule has 0 spiro atoms. The number of nitrogens with zero attached hydrogens (tertiary/aromatic N) is 4. The maximum atomic E-state index is 14.9. The molecule has 0 saturated carbocycles. The van der Waals surface area contributed by atoms with E-state index in [0.29, 0.717) is 5.52 Å². The summed E-state index contributed by atoms with van der Waals surface area (Å²) in [4.78, 5) is 21.3. The molecule has 12 heteroatoms. The van der Waals surface area contributed by atoms with Gasteiger partial charge in [0.1, 0.15) is 24.1 Å². The molecule has 0 bridgehead atoms. The van der Waals surface area contributed by atoms with Gasteiger partial charge in [-0.1, -0.05) is 0 Å². The highest BCUT2D eigenvalue weighted by Crippen LogP contribution is 2.45. The van der Waals surface area contributed by atoms with E-state index in [9.17, 15) is 13.8 Å². The van der Waals surface area contributed by atoms with Crippen LogP contribution in [0.15, 0.2) is 12.7 Å². The molecule has 24 heavy (non-hydrogen) atoms. The van der Waals surface area contributed by atoms with Crippen molar-refractivity contribution < 1.29 is 27.8 Å². The Morgan fingerprint density at radius 2 is 2.25 bits per heavy atom. The average molecular weight is 361 g/mol. The minimum Gasteiger partial charge on any atom is -0.382 e. The molecule has 1 aliphatic heterocycles. The van der Waals surface area contributed by atoms with E-state index in [1.807, 2.05) is 0 Å². The number of hydrogen-bond donors (Lipinski definition) is 2. The third-order valence-corrected chi connectivity index (χ3v) is 4.21. The predicted molar refractivity (Wildman–Crippen MR) is 81.0 cm³/mol. The molecule has 1 saturated heterocycles. The van der Waals surface area contributed by atoms with Crippen molar-refractivity contribution in [3.05, 3.63) is 12.7 Å². The van der Waals surface area contributed by atoms with E-state index in [0.717, 1.165) is 6.66 Å². The van der Waals surface area contributed by atoms with Crippen LogP contribution < -0.4 is 5.73 Å². The van der Waals surface area contributed by atoms with Crippen LogP contribution in [0, 0.1) is 0 Å². The molecule has 3 N–H and O–H groups in total. The van der Waals surface area contributed by atoms with E-state index in [1.54, 1.807) is 0 Å². The van der Waals surface area contributed by atoms with Crippen LogP contribution >= 0.6 is 7.60 Å². The Labute approximate surface area is 136 Å². The van der Waals surface area contributed by atoms with E-state index < -0.39 is 32.2 Å². The first kappa shape index (κ1) is 17.2. The molecular weight excluding hydrogens is 344 g/mol. The van der Waals surface area contributed by atoms with Gasteiger partial charge in [0.15, 0.2) is 23.9 Å². The second kappa shape index (κ2) is 6.34. The van der Waals surface area contributed by atoms with E-state index >= 15 is 0 Å². The number of methoxy groups -OCH3 is 1. The second-order valence-corrected chi connectivity index (χ2v) is 7.24. The van der Waals surface area contributed by atoms with Crippen molar-refractivity contribution >= 4 is 24.6 Å². The van der Waals surface area contributed by atoms with Gasteiger partial charge in [0.2, 0.25) is 0 Å². The molecule has 0 aromatic carbocycles. The third-order valence-electron chi connectivity index (χ3n) is 3.58. The predicted octanol–water partition coefficient (Wildman–Crippen LogP) is 0.491. The molecular formula is C12H17FN5O5P. The van der Waals surface area contributed by atoms with Gasteiger partial charge < -0.3 is 20.1 Å². The number of alkyl halides is 1. The molecule has 3 rings (SSSR count). The molecule has 3 heterocycles. The van der Waals surface area contributed by atoms with Gasteiger partial charge in [0.05, 0.1) is 12.9 Å². The average Bonchev–Trinajstić information content (AvgIpc) is 3.03. The van der Waals surface area contributed by atoms with Crippen LogP contribution in [0.2, 0.25) is 0 Å². The number of nitrogen functional groups attached to an aromatic ring is 1. The Morgan fingerprint density at radius 3 is 2.92 bits per heavy atom. The van der Waals surface area contributed by atoms with Crippen LogP contribution in [-0.2, 0) is 18.6 Å². The van der Waals surface area contributed by atoms with Crippen molar-refractivity contribution in [2.75, 3.05) is 26.1 Å². The van der Waals surface area contributed by atoms with Gasteiger partial charge in [-0.25, -0.2) is 19.3 Å². The lowest BCUT2D eigenvalue weighted by molar-refractivity contribution is -0.0523. The third kappa shape index (κ3) is 3.13. The molecule has 2 aromatic rings. The molecule has 2 aromatic heterocycles. The fourth-order valence-electron chi connectivity index (χ4n) is 2.62. The monoisotopic (exact) mass is 361 g/mol. The Bertz CT molecular complexity index is 782. The quantitative estimate of drug-likeness (QED) is 0.729. The van der Waals surface area contributed by atoms with Crippen molar-refractivity contribution in [1.29, 1.82) is 0 Å². The lowest BCUT2D eigenvalue weighted by Gasteiger charge is -2.20. The first-order chi connectivity index (χ1) is 11.3. The SMILES string of the molecule is COC[C@H]1O[C@@H](n2cnc3c(N)ncnc32)[C@@H](F)C1OP(C)(=O)O. The maximum Gasteiger partial charge on any atom is 0.325 e. The van der Waals surface area contributed by atoms with Gasteiger partial charge in [-0.3, -0.25) is 13.7 Å². The second-order valence-electron chi connectivity index (χ2n) is 5.42. The van der Waals surface area contributed by atoms with Gasteiger partial charge >= 0.3 is 7.60 Å². The number of rotatable bonds is 5. The standard InChI is InChI=1S/C12H17FN5O5P/c1-21-3-6-9(23-24(2,19)20)7(13)12(22-6)18-5-17-8-10(14)15-4-16-11(8)18/h4-7,9,12H,3H2,1-2H3,(H,19,20)(H2,14,15,16)/t6-,7+,9?,12-/m1/s1. The highest BCUT2D eigenvalue weighted by Gasteiger charge is 2.49. The summed E-state index contributed by atoms with van der Waals surface area (Å²) in [5, 5.41) is 0. The smallest absolute Gasteiger partial charge is 0.325 e. The largest absolute Gasteiger partial charge is 0.382 e. The number of fused-ring (bicyclic) bond motifs is 1. The van der Waals surface area contributed by atoms with Gasteiger partial charge in [-0.05, 0) is 0 Å². The topological polar surface area (TPSA) is 135 Å². The number of aromatic nitrogens is 4. The molecule has 5 atom stereocenters. The highest BCUT2D eigenvalue weighted by atomic mass is 31.2. The number of imidazole rings is 1. The number of anilines is 1. The van der Waals surface area contributed by atoms with Gasteiger partial charge in [-0.15, -0.1) is 0 Å². The molecule has 0 aliphatic carbocycles. The lowest BCUT2D eigenvalue weighted by Crippen LogP contribution is -2.33. The van der Waals surface area contributed by atoms with E-state index in [2.05, 4.69) is 15.0 Å². The Balaban J connectivity index is 1.95. The zero-order valence-corrected chi connectivity index (χ0v) is 13.8. The first-order valence-electron chi connectivity index (χ1n) is 7.02. The Morgan fingerprint density at radius 1 is 1.50 bits per heavy atom. The molecule has 0 radical (unpaired) electrons. The summed E-state index contributed by atoms with van der Waals surface area (Å²) in [7, 11) is -2.51. The minimum absolute atomic E-state index is 0.00859. The summed E-state index contributed by atoms with van der Waals surface area (Å²) >= 11 is 0. The van der Waals surface area contributed by atoms with Crippen LogP contribution in [0.1, 0.15) is 6.23 Å². The fraction of sp³-hybridized carbons (Fsp3) is 0.583. The summed E-state index contributed by atoms with van der Waals surface area (Å²) in [6, 6.07) is 0. The van der Waals surface area contributed by atoms with Gasteiger partial charge in [0, 0.05) is 13.8 Å². The number of nitrogens with two attached hydrogens (primary N) is 1. The summed E-state index contributed by atoms with van der Waals surface area (Å²) in [5.41, 5.74) is 6.31. The molecule has 1 aliphatic rings. The summed E-state index contributed by atoms with van der Waals surface area (Å²) in [5.74, 6) is 0.154. The van der Waals surface area contributed by atoms with Gasteiger partial charge in [-0.2, -0.15) is 0 Å². The zero-order valence-electron chi connectivity index (χ0n) is 12.9. The van der Waals surface area contributed by atoms with E-state index in [4.69, 9.17) is 19.7 Å². The first-order valence-corrected chi connectivity index (χ1v) is 9.04. The Hall–Kier alpha value is -1.65.